The van der Waals surface area contributed by atoms with Crippen molar-refractivity contribution in [1.82, 2.24) is 0 Å². The fourth-order valence-electron chi connectivity index (χ4n) is 1.65. The summed E-state index contributed by atoms with van der Waals surface area (Å²) in [5, 5.41) is 0. The molecule has 19 heavy (non-hydrogen) atoms. The summed E-state index contributed by atoms with van der Waals surface area (Å²) >= 11 is 0. The zero-order valence-corrected chi connectivity index (χ0v) is 15.3. The first-order valence-electron chi connectivity index (χ1n) is 6.91. The highest BCUT2D eigenvalue weighted by Crippen LogP contribution is 2.22. The lowest BCUT2D eigenvalue weighted by molar-refractivity contribution is 0.143. The van der Waals surface area contributed by atoms with Gasteiger partial charge >= 0.3 is 17.1 Å². The van der Waals surface area contributed by atoms with Crippen molar-refractivity contribution in [1.29, 1.82) is 0 Å². The Labute approximate surface area is 120 Å². The predicted octanol–water partition coefficient (Wildman–Crippen LogP) is 2.51. The van der Waals surface area contributed by atoms with Gasteiger partial charge in [-0.2, -0.15) is 0 Å². The van der Waals surface area contributed by atoms with E-state index in [1.54, 1.807) is 14.2 Å². The van der Waals surface area contributed by atoms with Gasteiger partial charge in [-0.3, -0.25) is 0 Å². The molecule has 7 heteroatoms. The van der Waals surface area contributed by atoms with E-state index in [0.29, 0.717) is 13.2 Å². The van der Waals surface area contributed by atoms with Crippen molar-refractivity contribution >= 4 is 17.1 Å². The summed E-state index contributed by atoms with van der Waals surface area (Å²) in [5.74, 6) is 0. The van der Waals surface area contributed by atoms with Crippen LogP contribution >= 0.6 is 0 Å². The lowest BCUT2D eigenvalue weighted by Crippen LogP contribution is -2.52. The van der Waals surface area contributed by atoms with E-state index in [-0.39, 0.29) is 0 Å². The molecule has 2 atom stereocenters. The normalized spacial score (nSPS) is 18.0. The molecule has 2 unspecified atom stereocenters. The molecule has 0 aromatic heterocycles. The Hall–Kier alpha value is 0.234. The highest BCUT2D eigenvalue weighted by Gasteiger charge is 2.41. The lowest BCUT2D eigenvalue weighted by Gasteiger charge is -2.35. The molecule has 116 valence electrons. The molecule has 5 nitrogen and oxygen atoms in total. The SMILES string of the molecule is CCOCC[Si](C)(OC)O[Si](C)(CCOCC)OC. The van der Waals surface area contributed by atoms with E-state index >= 15 is 0 Å². The maximum atomic E-state index is 6.29. The van der Waals surface area contributed by atoms with Crippen molar-refractivity contribution in [3.8, 4) is 0 Å². The van der Waals surface area contributed by atoms with E-state index in [1.807, 2.05) is 13.8 Å². The van der Waals surface area contributed by atoms with Gasteiger partial charge in [0, 0.05) is 52.7 Å². The van der Waals surface area contributed by atoms with Crippen molar-refractivity contribution in [2.45, 2.75) is 39.0 Å². The van der Waals surface area contributed by atoms with Crippen LogP contribution in [-0.4, -0.2) is 57.8 Å². The van der Waals surface area contributed by atoms with Gasteiger partial charge in [-0.15, -0.1) is 0 Å². The van der Waals surface area contributed by atoms with E-state index in [2.05, 4.69) is 13.1 Å². The Kier molecular flexibility index (Phi) is 10.2. The van der Waals surface area contributed by atoms with Crippen molar-refractivity contribution in [3.63, 3.8) is 0 Å². The largest absolute Gasteiger partial charge is 0.415 e. The summed E-state index contributed by atoms with van der Waals surface area (Å²) in [6, 6.07) is 1.63. The van der Waals surface area contributed by atoms with E-state index in [9.17, 15) is 0 Å². The predicted molar refractivity (Wildman–Crippen MR) is 80.9 cm³/mol. The third-order valence-corrected chi connectivity index (χ3v) is 10.5. The van der Waals surface area contributed by atoms with Gasteiger partial charge in [0.25, 0.3) is 0 Å². The van der Waals surface area contributed by atoms with Crippen LogP contribution in [0.5, 0.6) is 0 Å². The van der Waals surface area contributed by atoms with Crippen molar-refractivity contribution in [3.05, 3.63) is 0 Å². The maximum absolute atomic E-state index is 6.29. The monoisotopic (exact) mass is 310 g/mol. The van der Waals surface area contributed by atoms with Crippen molar-refractivity contribution in [2.24, 2.45) is 0 Å². The second-order valence-corrected chi connectivity index (χ2v) is 11.8. The molecule has 0 N–H and O–H groups in total. The summed E-state index contributed by atoms with van der Waals surface area (Å²) in [4.78, 5) is 0. The van der Waals surface area contributed by atoms with Gasteiger partial charge in [-0.1, -0.05) is 0 Å². The Morgan fingerprint density at radius 2 is 1.11 bits per heavy atom. The molecule has 0 saturated heterocycles. The Morgan fingerprint density at radius 1 is 0.737 bits per heavy atom. The standard InChI is InChI=1S/C12H30O5Si2/c1-7-15-9-11-18(5,13-3)17-19(6,14-4)12-10-16-8-2/h7-12H2,1-6H3. The first kappa shape index (κ1) is 19.2. The second-order valence-electron chi connectivity index (χ2n) is 4.67. The minimum absolute atomic E-state index is 0.673. The molecule has 0 spiro atoms. The van der Waals surface area contributed by atoms with Crippen LogP contribution in [0.2, 0.25) is 25.2 Å². The molecule has 0 heterocycles. The zero-order valence-electron chi connectivity index (χ0n) is 13.3. The van der Waals surface area contributed by atoms with Crippen LogP contribution in [0.4, 0.5) is 0 Å². The summed E-state index contributed by atoms with van der Waals surface area (Å²) in [6.07, 6.45) is 0. The third-order valence-electron chi connectivity index (χ3n) is 3.10. The molecule has 0 aromatic carbocycles. The molecule has 0 radical (unpaired) electrons. The molecular formula is C12H30O5Si2. The molecule has 0 amide bonds. The quantitative estimate of drug-likeness (QED) is 0.409. The van der Waals surface area contributed by atoms with Gasteiger partial charge < -0.3 is 22.4 Å². The van der Waals surface area contributed by atoms with Crippen molar-refractivity contribution < 1.29 is 22.4 Å². The first-order chi connectivity index (χ1) is 8.95. The van der Waals surface area contributed by atoms with E-state index in [4.69, 9.17) is 22.4 Å². The first-order valence-corrected chi connectivity index (χ1v) is 12.0. The van der Waals surface area contributed by atoms with Crippen LogP contribution in [0.3, 0.4) is 0 Å². The summed E-state index contributed by atoms with van der Waals surface area (Å²) in [6.45, 7) is 10.9. The van der Waals surface area contributed by atoms with E-state index in [0.717, 1.165) is 25.3 Å². The number of rotatable bonds is 12. The van der Waals surface area contributed by atoms with Crippen LogP contribution in [0.15, 0.2) is 0 Å². The van der Waals surface area contributed by atoms with Gasteiger partial charge in [-0.25, -0.2) is 0 Å². The number of hydrogen-bond acceptors (Lipinski definition) is 5. The van der Waals surface area contributed by atoms with Gasteiger partial charge in [0.15, 0.2) is 0 Å². The molecule has 0 bridgehead atoms. The number of hydrogen-bond donors (Lipinski definition) is 0. The molecule has 0 aliphatic rings. The van der Waals surface area contributed by atoms with Crippen LogP contribution < -0.4 is 0 Å². The third kappa shape index (κ3) is 8.18. The highest BCUT2D eigenvalue weighted by molar-refractivity contribution is 6.80. The van der Waals surface area contributed by atoms with Crippen molar-refractivity contribution in [2.75, 3.05) is 40.6 Å². The Morgan fingerprint density at radius 3 is 1.37 bits per heavy atom. The van der Waals surface area contributed by atoms with Gasteiger partial charge in [-0.05, 0) is 26.9 Å². The minimum atomic E-state index is -2.22. The van der Waals surface area contributed by atoms with Crippen LogP contribution in [0.1, 0.15) is 13.8 Å². The van der Waals surface area contributed by atoms with Gasteiger partial charge in [0.05, 0.1) is 0 Å². The molecule has 0 fully saturated rings. The topological polar surface area (TPSA) is 46.2 Å². The molecule has 0 aliphatic carbocycles. The maximum Gasteiger partial charge on any atom is 0.328 e. The average molecular weight is 311 g/mol. The fraction of sp³-hybridized carbons (Fsp3) is 1.00. The summed E-state index contributed by atoms with van der Waals surface area (Å²) < 4.78 is 28.4. The zero-order chi connectivity index (χ0) is 14.8. The molecule has 0 aliphatic heterocycles. The Bertz CT molecular complexity index is 210. The van der Waals surface area contributed by atoms with E-state index in [1.165, 1.54) is 0 Å². The van der Waals surface area contributed by atoms with Crippen LogP contribution in [-0.2, 0) is 22.4 Å². The lowest BCUT2D eigenvalue weighted by atomic mass is 10.8. The highest BCUT2D eigenvalue weighted by atomic mass is 28.5. The van der Waals surface area contributed by atoms with Crippen LogP contribution in [0.25, 0.3) is 0 Å². The fourth-order valence-corrected chi connectivity index (χ4v) is 8.23. The van der Waals surface area contributed by atoms with Gasteiger partial charge in [0.2, 0.25) is 0 Å². The minimum Gasteiger partial charge on any atom is -0.415 e. The smallest absolute Gasteiger partial charge is 0.328 e. The summed E-state index contributed by atoms with van der Waals surface area (Å²) in [5.41, 5.74) is 0. The average Bonchev–Trinajstić information content (AvgIpc) is 2.39. The molecule has 0 aromatic rings. The Balaban J connectivity index is 4.42. The molecular weight excluding hydrogens is 280 g/mol. The summed E-state index contributed by atoms with van der Waals surface area (Å²) in [7, 11) is -1.02. The molecule has 0 saturated carbocycles. The molecule has 0 rings (SSSR count). The number of ether oxygens (including phenoxy) is 2. The van der Waals surface area contributed by atoms with Gasteiger partial charge in [0.1, 0.15) is 0 Å². The van der Waals surface area contributed by atoms with E-state index < -0.39 is 17.1 Å². The second kappa shape index (κ2) is 10.0. The van der Waals surface area contributed by atoms with Crippen LogP contribution in [0, 0.1) is 0 Å².